The van der Waals surface area contributed by atoms with E-state index in [0.717, 1.165) is 23.6 Å². The fraction of sp³-hybridized carbons (Fsp3) is 0.312. The van der Waals surface area contributed by atoms with Gasteiger partial charge < -0.3 is 19.2 Å². The van der Waals surface area contributed by atoms with Crippen LogP contribution in [0.3, 0.4) is 0 Å². The Hall–Kier alpha value is -2.43. The highest BCUT2D eigenvalue weighted by atomic mass is 16.5. The second kappa shape index (κ2) is 5.52. The Morgan fingerprint density at radius 2 is 2.10 bits per heavy atom. The Labute approximate surface area is 122 Å². The Balaban J connectivity index is 1.90. The third-order valence-electron chi connectivity index (χ3n) is 3.59. The third kappa shape index (κ3) is 2.59. The monoisotopic (exact) mass is 287 g/mol. The number of furan rings is 1. The van der Waals surface area contributed by atoms with Crippen molar-refractivity contribution in [2.45, 2.75) is 19.9 Å². The second-order valence-electron chi connectivity index (χ2n) is 4.95. The molecule has 0 aliphatic carbocycles. The summed E-state index contributed by atoms with van der Waals surface area (Å²) in [6.07, 6.45) is 0.864. The molecule has 0 amide bonds. The van der Waals surface area contributed by atoms with Gasteiger partial charge in [0.25, 0.3) is 0 Å². The number of carbonyl (C=O) groups is 1. The molecule has 3 rings (SSSR count). The number of benzene rings is 1. The lowest BCUT2D eigenvalue weighted by Gasteiger charge is -2.31. The summed E-state index contributed by atoms with van der Waals surface area (Å²) >= 11 is 0. The second-order valence-corrected chi connectivity index (χ2v) is 4.95. The highest BCUT2D eigenvalue weighted by molar-refractivity contribution is 5.93. The van der Waals surface area contributed by atoms with Crippen molar-refractivity contribution < 1.29 is 19.1 Å². The van der Waals surface area contributed by atoms with E-state index >= 15 is 0 Å². The van der Waals surface area contributed by atoms with Crippen LogP contribution in [0.4, 0.5) is 5.69 Å². The lowest BCUT2D eigenvalue weighted by molar-refractivity contribution is 0.0692. The molecule has 2 heterocycles. The molecule has 110 valence electrons. The van der Waals surface area contributed by atoms with Gasteiger partial charge in [0.1, 0.15) is 23.7 Å². The van der Waals surface area contributed by atoms with Crippen LogP contribution in [0.5, 0.6) is 5.75 Å². The molecule has 0 saturated heterocycles. The van der Waals surface area contributed by atoms with Crippen LogP contribution < -0.4 is 9.64 Å². The Morgan fingerprint density at radius 3 is 2.81 bits per heavy atom. The van der Waals surface area contributed by atoms with Gasteiger partial charge in [0.2, 0.25) is 0 Å². The van der Waals surface area contributed by atoms with Gasteiger partial charge in [-0.15, -0.1) is 0 Å². The summed E-state index contributed by atoms with van der Waals surface area (Å²) in [6.45, 7) is 3.84. The number of fused-ring (bicyclic) bond motifs is 1. The summed E-state index contributed by atoms with van der Waals surface area (Å²) in [6, 6.07) is 9.13. The molecular formula is C16H17NO4. The molecule has 1 aromatic heterocycles. The molecular weight excluding hydrogens is 270 g/mol. The van der Waals surface area contributed by atoms with E-state index in [1.54, 1.807) is 12.1 Å². The van der Waals surface area contributed by atoms with Gasteiger partial charge in [0.15, 0.2) is 5.75 Å². The van der Waals surface area contributed by atoms with Crippen molar-refractivity contribution >= 4 is 11.7 Å². The van der Waals surface area contributed by atoms with Gasteiger partial charge in [-0.2, -0.15) is 0 Å². The first-order chi connectivity index (χ1) is 10.2. The van der Waals surface area contributed by atoms with E-state index in [1.807, 2.05) is 25.1 Å². The van der Waals surface area contributed by atoms with Crippen LogP contribution in [0, 0.1) is 0 Å². The van der Waals surface area contributed by atoms with Gasteiger partial charge in [-0.05, 0) is 24.3 Å². The topological polar surface area (TPSA) is 62.9 Å². The minimum absolute atomic E-state index is 0.200. The molecule has 0 bridgehead atoms. The van der Waals surface area contributed by atoms with E-state index in [-0.39, 0.29) is 5.56 Å². The van der Waals surface area contributed by atoms with Crippen LogP contribution in [-0.4, -0.2) is 24.2 Å². The average molecular weight is 287 g/mol. The number of nitrogens with zero attached hydrogens (tertiary/aromatic N) is 1. The zero-order valence-electron chi connectivity index (χ0n) is 11.8. The van der Waals surface area contributed by atoms with Crippen molar-refractivity contribution in [1.29, 1.82) is 0 Å². The zero-order valence-corrected chi connectivity index (χ0v) is 11.8. The molecule has 0 radical (unpaired) electrons. The Morgan fingerprint density at radius 1 is 1.29 bits per heavy atom. The number of rotatable bonds is 4. The summed E-state index contributed by atoms with van der Waals surface area (Å²) in [5.41, 5.74) is 1.00. The number of carboxylic acids is 1. The molecule has 5 heteroatoms. The predicted molar refractivity (Wildman–Crippen MR) is 78.0 cm³/mol. The number of aromatic carboxylic acids is 1. The van der Waals surface area contributed by atoms with Gasteiger partial charge in [-0.25, -0.2) is 4.79 Å². The third-order valence-corrected chi connectivity index (χ3v) is 3.59. The maximum Gasteiger partial charge on any atom is 0.339 e. The number of hydrogen-bond donors (Lipinski definition) is 1. The zero-order chi connectivity index (χ0) is 14.8. The predicted octanol–water partition coefficient (Wildman–Crippen LogP) is 2.94. The molecule has 0 atom stereocenters. The number of carboxylic acid groups (broad SMARTS) is 1. The molecule has 0 spiro atoms. The van der Waals surface area contributed by atoms with Crippen molar-refractivity contribution in [1.82, 2.24) is 0 Å². The largest absolute Gasteiger partial charge is 0.489 e. The normalized spacial score (nSPS) is 13.7. The molecule has 2 aromatic rings. The first-order valence-corrected chi connectivity index (χ1v) is 7.00. The van der Waals surface area contributed by atoms with Crippen LogP contribution in [-0.2, 0) is 13.0 Å². The Kier molecular flexibility index (Phi) is 3.56. The van der Waals surface area contributed by atoms with Crippen molar-refractivity contribution in [3.8, 4) is 5.75 Å². The van der Waals surface area contributed by atoms with Gasteiger partial charge in [0.05, 0.1) is 18.8 Å². The summed E-state index contributed by atoms with van der Waals surface area (Å²) in [4.78, 5) is 13.3. The fourth-order valence-electron chi connectivity index (χ4n) is 2.52. The highest BCUT2D eigenvalue weighted by Gasteiger charge is 2.24. The molecule has 1 N–H and O–H groups in total. The van der Waals surface area contributed by atoms with Gasteiger partial charge in [-0.3, -0.25) is 0 Å². The van der Waals surface area contributed by atoms with Crippen LogP contribution >= 0.6 is 0 Å². The molecule has 1 aromatic carbocycles. The van der Waals surface area contributed by atoms with Gasteiger partial charge >= 0.3 is 5.97 Å². The van der Waals surface area contributed by atoms with E-state index in [4.69, 9.17) is 9.15 Å². The molecule has 21 heavy (non-hydrogen) atoms. The summed E-state index contributed by atoms with van der Waals surface area (Å²) in [7, 11) is 0. The van der Waals surface area contributed by atoms with Gasteiger partial charge in [-0.1, -0.05) is 13.0 Å². The molecule has 0 unspecified atom stereocenters. The highest BCUT2D eigenvalue weighted by Crippen LogP contribution is 2.35. The summed E-state index contributed by atoms with van der Waals surface area (Å²) in [5, 5.41) is 9.24. The van der Waals surface area contributed by atoms with E-state index in [1.165, 1.54) is 0 Å². The smallest absolute Gasteiger partial charge is 0.339 e. The molecule has 1 aliphatic rings. The number of aryl methyl sites for hydroxylation is 1. The lowest BCUT2D eigenvalue weighted by atomic mass is 10.1. The van der Waals surface area contributed by atoms with E-state index in [2.05, 4.69) is 4.90 Å². The van der Waals surface area contributed by atoms with Crippen molar-refractivity contribution in [2.75, 3.05) is 18.1 Å². The minimum Gasteiger partial charge on any atom is -0.489 e. The van der Waals surface area contributed by atoms with E-state index in [9.17, 15) is 9.90 Å². The van der Waals surface area contributed by atoms with Crippen LogP contribution in [0.25, 0.3) is 0 Å². The van der Waals surface area contributed by atoms with Crippen LogP contribution in [0.15, 0.2) is 34.7 Å². The first kappa shape index (κ1) is 13.5. The number of hydrogen-bond acceptors (Lipinski definition) is 4. The maximum atomic E-state index is 11.3. The van der Waals surface area contributed by atoms with Crippen LogP contribution in [0.1, 0.15) is 28.8 Å². The maximum absolute atomic E-state index is 11.3. The quantitative estimate of drug-likeness (QED) is 0.936. The van der Waals surface area contributed by atoms with Crippen molar-refractivity contribution in [3.05, 3.63) is 47.4 Å². The standard InChI is InChI=1S/C16H17NO4/c1-2-11-6-7-12(21-11)10-17-8-9-20-15-13(16(18)19)4-3-5-14(15)17/h3-7H,2,8-10H2,1H3,(H,18,19). The number of ether oxygens (including phenoxy) is 1. The summed E-state index contributed by atoms with van der Waals surface area (Å²) in [5.74, 6) is 1.30. The molecule has 0 fully saturated rings. The molecule has 5 nitrogen and oxygen atoms in total. The number of anilines is 1. The summed E-state index contributed by atoms with van der Waals surface area (Å²) < 4.78 is 11.3. The lowest BCUT2D eigenvalue weighted by Crippen LogP contribution is -2.32. The molecule has 0 saturated carbocycles. The van der Waals surface area contributed by atoms with E-state index < -0.39 is 5.97 Å². The number of para-hydroxylation sites is 1. The van der Waals surface area contributed by atoms with Crippen molar-refractivity contribution in [2.24, 2.45) is 0 Å². The minimum atomic E-state index is -0.972. The SMILES string of the molecule is CCc1ccc(CN2CCOc3c(C(=O)O)cccc32)o1. The fourth-order valence-corrected chi connectivity index (χ4v) is 2.52. The van der Waals surface area contributed by atoms with E-state index in [0.29, 0.717) is 25.4 Å². The van der Waals surface area contributed by atoms with Gasteiger partial charge in [0, 0.05) is 6.42 Å². The van der Waals surface area contributed by atoms with Crippen molar-refractivity contribution in [3.63, 3.8) is 0 Å². The first-order valence-electron chi connectivity index (χ1n) is 7.00. The molecule has 1 aliphatic heterocycles. The van der Waals surface area contributed by atoms with Crippen LogP contribution in [0.2, 0.25) is 0 Å². The Bertz CT molecular complexity index is 662. The average Bonchev–Trinajstić information content (AvgIpc) is 2.94.